The van der Waals surface area contributed by atoms with Crippen LogP contribution in [-0.2, 0) is 0 Å². The van der Waals surface area contributed by atoms with Crippen LogP contribution in [0.25, 0.3) is 11.1 Å². The molecule has 0 fully saturated rings. The molecule has 0 saturated carbocycles. The predicted octanol–water partition coefficient (Wildman–Crippen LogP) is 2.57. The van der Waals surface area contributed by atoms with Gasteiger partial charge in [0, 0.05) is 5.56 Å². The molecule has 0 unspecified atom stereocenters. The van der Waals surface area contributed by atoms with Gasteiger partial charge in [-0.25, -0.2) is 0 Å². The number of nitrogens with one attached hydrogen (secondary N) is 1. The number of para-hydroxylation sites is 1. The monoisotopic (exact) mass is 217 g/mol. The largest absolute Gasteiger partial charge is 0.504 e. The first-order valence-corrected chi connectivity index (χ1v) is 4.74. The van der Waals surface area contributed by atoms with Crippen LogP contribution in [-0.4, -0.2) is 15.4 Å². The van der Waals surface area contributed by atoms with Gasteiger partial charge in [-0.15, -0.1) is 0 Å². The number of phenolic OH excluding ortho intramolecular Hbond substituents is 2. The second kappa shape index (κ2) is 4.12. The van der Waals surface area contributed by atoms with E-state index in [1.165, 1.54) is 12.1 Å². The molecule has 0 bridgehead atoms. The Balaban J connectivity index is 2.54. The minimum absolute atomic E-state index is 0.168. The highest BCUT2D eigenvalue weighted by Gasteiger charge is 2.06. The fourth-order valence-corrected chi connectivity index (χ4v) is 1.52. The topological polar surface area (TPSA) is 72.7 Å². The number of hydrogen-bond donors (Lipinski definition) is 4. The van der Waals surface area contributed by atoms with Gasteiger partial charge in [0.05, 0.1) is 5.69 Å². The molecule has 0 amide bonds. The SMILES string of the molecule is ONc1ccccc1-c1ccc(O)c(O)c1. The van der Waals surface area contributed by atoms with Gasteiger partial charge in [0.2, 0.25) is 0 Å². The highest BCUT2D eigenvalue weighted by molar-refractivity contribution is 5.78. The van der Waals surface area contributed by atoms with Crippen LogP contribution in [0.3, 0.4) is 0 Å². The summed E-state index contributed by atoms with van der Waals surface area (Å²) in [6.45, 7) is 0. The normalized spacial score (nSPS) is 10.1. The quantitative estimate of drug-likeness (QED) is 0.461. The lowest BCUT2D eigenvalue weighted by molar-refractivity contribution is 0.389. The van der Waals surface area contributed by atoms with Crippen LogP contribution in [0.1, 0.15) is 0 Å². The Bertz CT molecular complexity index is 511. The van der Waals surface area contributed by atoms with Gasteiger partial charge in [-0.3, -0.25) is 10.7 Å². The third kappa shape index (κ3) is 1.78. The van der Waals surface area contributed by atoms with E-state index >= 15 is 0 Å². The number of phenols is 2. The van der Waals surface area contributed by atoms with Crippen molar-refractivity contribution < 1.29 is 15.4 Å². The van der Waals surface area contributed by atoms with Crippen molar-refractivity contribution in [1.82, 2.24) is 0 Å². The molecule has 0 saturated heterocycles. The lowest BCUT2D eigenvalue weighted by atomic mass is 10.0. The highest BCUT2D eigenvalue weighted by atomic mass is 16.5. The molecule has 2 aromatic rings. The van der Waals surface area contributed by atoms with Crippen molar-refractivity contribution in [2.24, 2.45) is 0 Å². The molecule has 16 heavy (non-hydrogen) atoms. The van der Waals surface area contributed by atoms with Crippen molar-refractivity contribution in [2.45, 2.75) is 0 Å². The molecule has 0 atom stereocenters. The Morgan fingerprint density at radius 1 is 0.875 bits per heavy atom. The number of anilines is 1. The maximum Gasteiger partial charge on any atom is 0.158 e. The van der Waals surface area contributed by atoms with E-state index in [2.05, 4.69) is 5.48 Å². The molecule has 4 heteroatoms. The summed E-state index contributed by atoms with van der Waals surface area (Å²) >= 11 is 0. The molecule has 82 valence electrons. The van der Waals surface area contributed by atoms with Crippen LogP contribution >= 0.6 is 0 Å². The number of aromatic hydroxyl groups is 2. The zero-order valence-corrected chi connectivity index (χ0v) is 8.38. The first-order chi connectivity index (χ1) is 7.72. The van der Waals surface area contributed by atoms with Gasteiger partial charge < -0.3 is 10.2 Å². The Labute approximate surface area is 92.4 Å². The molecule has 4 N–H and O–H groups in total. The molecule has 0 aromatic heterocycles. The molecular formula is C12H11NO3. The van der Waals surface area contributed by atoms with E-state index < -0.39 is 0 Å². The smallest absolute Gasteiger partial charge is 0.158 e. The third-order valence-corrected chi connectivity index (χ3v) is 2.33. The molecule has 4 nitrogen and oxygen atoms in total. The van der Waals surface area contributed by atoms with Gasteiger partial charge in [0.15, 0.2) is 11.5 Å². The summed E-state index contributed by atoms with van der Waals surface area (Å²) in [6, 6.07) is 11.6. The summed E-state index contributed by atoms with van der Waals surface area (Å²) in [5, 5.41) is 27.5. The van der Waals surface area contributed by atoms with Crippen LogP contribution in [0.5, 0.6) is 11.5 Å². The van der Waals surface area contributed by atoms with E-state index in [0.717, 1.165) is 5.56 Å². The molecule has 0 aliphatic rings. The summed E-state index contributed by atoms with van der Waals surface area (Å²) < 4.78 is 0. The summed E-state index contributed by atoms with van der Waals surface area (Å²) in [5.74, 6) is -0.358. The van der Waals surface area contributed by atoms with E-state index in [0.29, 0.717) is 11.3 Å². The fraction of sp³-hybridized carbons (Fsp3) is 0. The van der Waals surface area contributed by atoms with Crippen LogP contribution in [0.2, 0.25) is 0 Å². The molecular weight excluding hydrogens is 206 g/mol. The van der Waals surface area contributed by atoms with Gasteiger partial charge in [-0.05, 0) is 23.8 Å². The number of hydrogen-bond acceptors (Lipinski definition) is 4. The lowest BCUT2D eigenvalue weighted by Crippen LogP contribution is -1.91. The molecule has 0 spiro atoms. The van der Waals surface area contributed by atoms with Crippen LogP contribution in [0, 0.1) is 0 Å². The summed E-state index contributed by atoms with van der Waals surface area (Å²) in [5.41, 5.74) is 4.06. The van der Waals surface area contributed by atoms with E-state index in [1.807, 2.05) is 6.07 Å². The number of rotatable bonds is 2. The Hall–Kier alpha value is -2.20. The van der Waals surface area contributed by atoms with Gasteiger partial charge in [-0.1, -0.05) is 24.3 Å². The maximum atomic E-state index is 9.39. The van der Waals surface area contributed by atoms with Gasteiger partial charge in [0.1, 0.15) is 0 Å². The van der Waals surface area contributed by atoms with Crippen molar-refractivity contribution >= 4 is 5.69 Å². The van der Waals surface area contributed by atoms with Crippen LogP contribution in [0.4, 0.5) is 5.69 Å². The average molecular weight is 217 g/mol. The second-order valence-corrected chi connectivity index (χ2v) is 3.36. The molecule has 0 aliphatic heterocycles. The molecule has 0 heterocycles. The van der Waals surface area contributed by atoms with Crippen molar-refractivity contribution in [3.63, 3.8) is 0 Å². The first-order valence-electron chi connectivity index (χ1n) is 4.74. The molecule has 0 radical (unpaired) electrons. The third-order valence-electron chi connectivity index (χ3n) is 2.33. The highest BCUT2D eigenvalue weighted by Crippen LogP contribution is 2.33. The van der Waals surface area contributed by atoms with Crippen LogP contribution < -0.4 is 5.48 Å². The minimum atomic E-state index is -0.190. The zero-order chi connectivity index (χ0) is 11.5. The summed E-state index contributed by atoms with van der Waals surface area (Å²) in [7, 11) is 0. The van der Waals surface area contributed by atoms with Crippen molar-refractivity contribution in [3.05, 3.63) is 42.5 Å². The van der Waals surface area contributed by atoms with Gasteiger partial charge in [0.25, 0.3) is 0 Å². The summed E-state index contributed by atoms with van der Waals surface area (Å²) in [6.07, 6.45) is 0. The number of benzene rings is 2. The Morgan fingerprint density at radius 3 is 2.31 bits per heavy atom. The summed E-state index contributed by atoms with van der Waals surface area (Å²) in [4.78, 5) is 0. The maximum absolute atomic E-state index is 9.39. The molecule has 2 rings (SSSR count). The zero-order valence-electron chi connectivity index (χ0n) is 8.38. The van der Waals surface area contributed by atoms with Crippen molar-refractivity contribution in [2.75, 3.05) is 5.48 Å². The van der Waals surface area contributed by atoms with Gasteiger partial charge >= 0.3 is 0 Å². The predicted molar refractivity (Wildman–Crippen MR) is 60.6 cm³/mol. The van der Waals surface area contributed by atoms with Crippen LogP contribution in [0.15, 0.2) is 42.5 Å². The van der Waals surface area contributed by atoms with Crippen molar-refractivity contribution in [1.29, 1.82) is 0 Å². The van der Waals surface area contributed by atoms with E-state index in [1.54, 1.807) is 24.3 Å². The minimum Gasteiger partial charge on any atom is -0.504 e. The van der Waals surface area contributed by atoms with E-state index in [-0.39, 0.29) is 11.5 Å². The Morgan fingerprint density at radius 2 is 1.62 bits per heavy atom. The fourth-order valence-electron chi connectivity index (χ4n) is 1.52. The lowest BCUT2D eigenvalue weighted by Gasteiger charge is -2.08. The Kier molecular flexibility index (Phi) is 2.66. The average Bonchev–Trinajstić information content (AvgIpc) is 2.32. The molecule has 2 aromatic carbocycles. The second-order valence-electron chi connectivity index (χ2n) is 3.36. The van der Waals surface area contributed by atoms with E-state index in [9.17, 15) is 10.2 Å². The standard InChI is InChI=1S/C12H11NO3/c14-11-6-5-8(7-12(11)15)9-3-1-2-4-10(9)13-16/h1-7,13-16H. The first kappa shape index (κ1) is 10.3. The molecule has 0 aliphatic carbocycles. The van der Waals surface area contributed by atoms with Crippen molar-refractivity contribution in [3.8, 4) is 22.6 Å². The van der Waals surface area contributed by atoms with Gasteiger partial charge in [-0.2, -0.15) is 0 Å². The van der Waals surface area contributed by atoms with E-state index in [4.69, 9.17) is 5.21 Å².